The summed E-state index contributed by atoms with van der Waals surface area (Å²) in [6.07, 6.45) is 0. The van der Waals surface area contributed by atoms with Crippen LogP contribution in [0.5, 0.6) is 0 Å². The zero-order valence-electron chi connectivity index (χ0n) is 9.79. The van der Waals surface area contributed by atoms with E-state index in [0.717, 1.165) is 11.1 Å². The van der Waals surface area contributed by atoms with Gasteiger partial charge in [-0.1, -0.05) is 24.3 Å². The molecule has 2 heteroatoms. The summed E-state index contributed by atoms with van der Waals surface area (Å²) in [6.45, 7) is 4.02. The van der Waals surface area contributed by atoms with Crippen LogP contribution in [0.1, 0.15) is 16.7 Å². The molecular weight excluding hydrogens is 213 g/mol. The minimum absolute atomic E-state index is 0.343. The van der Waals surface area contributed by atoms with Gasteiger partial charge in [-0.05, 0) is 42.7 Å². The topological polar surface area (TPSA) is 23.8 Å². The Morgan fingerprint density at radius 2 is 1.76 bits per heavy atom. The number of hydrogen-bond donors (Lipinski definition) is 0. The third-order valence-electron chi connectivity index (χ3n) is 2.92. The molecule has 0 aromatic heterocycles. The fraction of sp³-hybridized carbons (Fsp3) is 0.133. The van der Waals surface area contributed by atoms with Gasteiger partial charge in [0.1, 0.15) is 5.82 Å². The van der Waals surface area contributed by atoms with Crippen molar-refractivity contribution in [2.75, 3.05) is 0 Å². The number of rotatable bonds is 1. The first-order valence-corrected chi connectivity index (χ1v) is 5.39. The Morgan fingerprint density at radius 1 is 1.00 bits per heavy atom. The molecule has 0 aliphatic rings. The molecule has 2 aromatic rings. The normalized spacial score (nSPS) is 10.0. The average molecular weight is 225 g/mol. The Labute approximate surface area is 100 Å². The van der Waals surface area contributed by atoms with Gasteiger partial charge in [0.25, 0.3) is 0 Å². The van der Waals surface area contributed by atoms with Crippen LogP contribution in [0.2, 0.25) is 0 Å². The van der Waals surface area contributed by atoms with Crippen molar-refractivity contribution in [3.63, 3.8) is 0 Å². The molecule has 0 saturated heterocycles. The highest BCUT2D eigenvalue weighted by Gasteiger charge is 2.06. The van der Waals surface area contributed by atoms with Gasteiger partial charge >= 0.3 is 0 Å². The molecule has 0 saturated carbocycles. The maximum atomic E-state index is 13.8. The summed E-state index contributed by atoms with van der Waals surface area (Å²) in [5.74, 6) is -0.354. The molecule has 0 aliphatic carbocycles. The molecule has 0 amide bonds. The fourth-order valence-corrected chi connectivity index (χ4v) is 1.73. The van der Waals surface area contributed by atoms with Gasteiger partial charge in [-0.25, -0.2) is 4.39 Å². The van der Waals surface area contributed by atoms with Crippen LogP contribution in [0, 0.1) is 31.0 Å². The van der Waals surface area contributed by atoms with E-state index in [-0.39, 0.29) is 5.82 Å². The van der Waals surface area contributed by atoms with Gasteiger partial charge in [0.05, 0.1) is 11.6 Å². The third kappa shape index (κ3) is 2.19. The molecule has 0 aliphatic heterocycles. The van der Waals surface area contributed by atoms with Crippen molar-refractivity contribution in [3.8, 4) is 17.2 Å². The molecular formula is C15H12FN. The Balaban J connectivity index is 2.54. The maximum Gasteiger partial charge on any atom is 0.132 e. The standard InChI is InChI=1S/C15H12FN/c1-10-3-5-13(7-11(10)2)14-6-4-12(9-17)8-15(14)16/h3-8H,1-2H3. The smallest absolute Gasteiger partial charge is 0.132 e. The van der Waals surface area contributed by atoms with Crippen molar-refractivity contribution in [1.82, 2.24) is 0 Å². The first kappa shape index (κ1) is 11.3. The van der Waals surface area contributed by atoms with E-state index in [1.807, 2.05) is 38.1 Å². The number of hydrogen-bond acceptors (Lipinski definition) is 1. The van der Waals surface area contributed by atoms with Crippen molar-refractivity contribution < 1.29 is 4.39 Å². The van der Waals surface area contributed by atoms with E-state index < -0.39 is 0 Å². The van der Waals surface area contributed by atoms with E-state index in [1.54, 1.807) is 12.1 Å². The van der Waals surface area contributed by atoms with E-state index in [4.69, 9.17) is 5.26 Å². The van der Waals surface area contributed by atoms with Crippen LogP contribution in [0.4, 0.5) is 4.39 Å². The lowest BCUT2D eigenvalue weighted by molar-refractivity contribution is 0.631. The SMILES string of the molecule is Cc1ccc(-c2ccc(C#N)cc2F)cc1C. The zero-order valence-corrected chi connectivity index (χ0v) is 9.79. The average Bonchev–Trinajstić information content (AvgIpc) is 2.32. The van der Waals surface area contributed by atoms with Gasteiger partial charge in [0.2, 0.25) is 0 Å². The predicted molar refractivity (Wildman–Crippen MR) is 66.0 cm³/mol. The predicted octanol–water partition coefficient (Wildman–Crippen LogP) is 3.98. The van der Waals surface area contributed by atoms with E-state index in [2.05, 4.69) is 0 Å². The summed E-state index contributed by atoms with van der Waals surface area (Å²) in [6, 6.07) is 12.3. The first-order valence-electron chi connectivity index (χ1n) is 5.39. The quantitative estimate of drug-likeness (QED) is 0.720. The van der Waals surface area contributed by atoms with Crippen molar-refractivity contribution in [2.24, 2.45) is 0 Å². The Bertz CT molecular complexity index is 609. The molecule has 2 rings (SSSR count). The van der Waals surface area contributed by atoms with Gasteiger partial charge in [-0.3, -0.25) is 0 Å². The Hall–Kier alpha value is -2.14. The van der Waals surface area contributed by atoms with Gasteiger partial charge in [-0.2, -0.15) is 5.26 Å². The molecule has 84 valence electrons. The lowest BCUT2D eigenvalue weighted by Gasteiger charge is -2.06. The first-order chi connectivity index (χ1) is 8.11. The molecule has 17 heavy (non-hydrogen) atoms. The monoisotopic (exact) mass is 225 g/mol. The lowest BCUT2D eigenvalue weighted by Crippen LogP contribution is -1.88. The van der Waals surface area contributed by atoms with Gasteiger partial charge in [0.15, 0.2) is 0 Å². The van der Waals surface area contributed by atoms with Gasteiger partial charge < -0.3 is 0 Å². The zero-order chi connectivity index (χ0) is 12.4. The molecule has 0 heterocycles. The highest BCUT2D eigenvalue weighted by molar-refractivity contribution is 5.66. The summed E-state index contributed by atoms with van der Waals surface area (Å²) in [4.78, 5) is 0. The highest BCUT2D eigenvalue weighted by atomic mass is 19.1. The summed E-state index contributed by atoms with van der Waals surface area (Å²) >= 11 is 0. The molecule has 0 N–H and O–H groups in total. The largest absolute Gasteiger partial charge is 0.206 e. The third-order valence-corrected chi connectivity index (χ3v) is 2.92. The molecule has 2 aromatic carbocycles. The summed E-state index contributed by atoms with van der Waals surface area (Å²) < 4.78 is 13.8. The Morgan fingerprint density at radius 3 is 2.35 bits per heavy atom. The van der Waals surface area contributed by atoms with Crippen molar-refractivity contribution in [2.45, 2.75) is 13.8 Å². The van der Waals surface area contributed by atoms with Gasteiger partial charge in [-0.15, -0.1) is 0 Å². The van der Waals surface area contributed by atoms with Crippen molar-refractivity contribution >= 4 is 0 Å². The Kier molecular flexibility index (Phi) is 2.93. The van der Waals surface area contributed by atoms with Crippen LogP contribution >= 0.6 is 0 Å². The van der Waals surface area contributed by atoms with E-state index in [1.165, 1.54) is 11.6 Å². The molecule has 0 fully saturated rings. The minimum Gasteiger partial charge on any atom is -0.206 e. The molecule has 0 radical (unpaired) electrons. The number of nitrogens with zero attached hydrogens (tertiary/aromatic N) is 1. The second-order valence-electron chi connectivity index (χ2n) is 4.11. The number of aryl methyl sites for hydroxylation is 2. The van der Waals surface area contributed by atoms with Crippen molar-refractivity contribution in [1.29, 1.82) is 5.26 Å². The van der Waals surface area contributed by atoms with Crippen LogP contribution in [0.3, 0.4) is 0 Å². The van der Waals surface area contributed by atoms with E-state index in [0.29, 0.717) is 11.1 Å². The second-order valence-corrected chi connectivity index (χ2v) is 4.11. The molecule has 0 spiro atoms. The number of benzene rings is 2. The minimum atomic E-state index is -0.354. The van der Waals surface area contributed by atoms with Crippen LogP contribution < -0.4 is 0 Å². The second kappa shape index (κ2) is 4.39. The maximum absolute atomic E-state index is 13.8. The molecule has 0 bridgehead atoms. The van der Waals surface area contributed by atoms with E-state index in [9.17, 15) is 4.39 Å². The lowest BCUT2D eigenvalue weighted by atomic mass is 9.99. The van der Waals surface area contributed by atoms with Crippen LogP contribution in [-0.4, -0.2) is 0 Å². The summed E-state index contributed by atoms with van der Waals surface area (Å²) in [5.41, 5.74) is 4.03. The van der Waals surface area contributed by atoms with Crippen molar-refractivity contribution in [3.05, 3.63) is 58.9 Å². The fourth-order valence-electron chi connectivity index (χ4n) is 1.73. The molecule has 0 unspecified atom stereocenters. The number of nitriles is 1. The molecule has 0 atom stereocenters. The molecule has 1 nitrogen and oxygen atoms in total. The van der Waals surface area contributed by atoms with Crippen LogP contribution in [0.25, 0.3) is 11.1 Å². The van der Waals surface area contributed by atoms with Gasteiger partial charge in [0, 0.05) is 5.56 Å². The van der Waals surface area contributed by atoms with Crippen LogP contribution in [0.15, 0.2) is 36.4 Å². The summed E-state index contributed by atoms with van der Waals surface area (Å²) in [5, 5.41) is 8.69. The number of halogens is 1. The van der Waals surface area contributed by atoms with E-state index >= 15 is 0 Å². The highest BCUT2D eigenvalue weighted by Crippen LogP contribution is 2.25. The van der Waals surface area contributed by atoms with Crippen LogP contribution in [-0.2, 0) is 0 Å². The summed E-state index contributed by atoms with van der Waals surface area (Å²) in [7, 11) is 0.